The number of nitrogens with zero attached hydrogens (tertiary/aromatic N) is 3. The van der Waals surface area contributed by atoms with Gasteiger partial charge in [0.05, 0.1) is 4.92 Å². The average Bonchev–Trinajstić information content (AvgIpc) is 2.84. The number of hydrogen-bond donors (Lipinski definition) is 2. The lowest BCUT2D eigenvalue weighted by atomic mass is 10.1. The van der Waals surface area contributed by atoms with Crippen LogP contribution in [0.1, 0.15) is 16.1 Å². The number of anilines is 1. The van der Waals surface area contributed by atoms with Crippen molar-refractivity contribution in [3.8, 4) is 0 Å². The summed E-state index contributed by atoms with van der Waals surface area (Å²) in [5.74, 6) is -1.32. The first-order valence-corrected chi connectivity index (χ1v) is 6.21. The van der Waals surface area contributed by atoms with Crippen LogP contribution >= 0.6 is 0 Å². The molecule has 21 heavy (non-hydrogen) atoms. The van der Waals surface area contributed by atoms with E-state index in [0.29, 0.717) is 18.7 Å². The van der Waals surface area contributed by atoms with Crippen molar-refractivity contribution < 1.29 is 14.8 Å². The summed E-state index contributed by atoms with van der Waals surface area (Å²) < 4.78 is 1.75. The van der Waals surface area contributed by atoms with Gasteiger partial charge in [0, 0.05) is 43.7 Å². The summed E-state index contributed by atoms with van der Waals surface area (Å²) in [6.45, 7) is 0.559. The fraction of sp³-hybridized carbons (Fsp3) is 0.231. The number of carbonyl (C=O) groups is 1. The maximum Gasteiger partial charge on any atom is 0.342 e. The van der Waals surface area contributed by atoms with Crippen molar-refractivity contribution in [2.75, 3.05) is 11.9 Å². The molecule has 1 aromatic heterocycles. The average molecular weight is 290 g/mol. The van der Waals surface area contributed by atoms with E-state index in [0.717, 1.165) is 5.69 Å². The molecule has 2 aromatic rings. The Morgan fingerprint density at radius 2 is 2.24 bits per heavy atom. The van der Waals surface area contributed by atoms with E-state index >= 15 is 0 Å². The van der Waals surface area contributed by atoms with E-state index in [1.54, 1.807) is 10.9 Å². The largest absolute Gasteiger partial charge is 0.477 e. The van der Waals surface area contributed by atoms with Gasteiger partial charge in [0.1, 0.15) is 5.56 Å². The zero-order valence-corrected chi connectivity index (χ0v) is 11.3. The third kappa shape index (κ3) is 3.35. The number of nitrogens with one attached hydrogen (secondary N) is 1. The molecular weight excluding hydrogens is 276 g/mol. The first kappa shape index (κ1) is 14.5. The number of carboxylic acids is 1. The molecule has 0 aliphatic carbocycles. The van der Waals surface area contributed by atoms with Gasteiger partial charge in [-0.3, -0.25) is 14.8 Å². The molecule has 8 nitrogen and oxygen atoms in total. The van der Waals surface area contributed by atoms with Crippen molar-refractivity contribution in [2.24, 2.45) is 7.05 Å². The van der Waals surface area contributed by atoms with Gasteiger partial charge >= 0.3 is 5.97 Å². The molecule has 8 heteroatoms. The van der Waals surface area contributed by atoms with Gasteiger partial charge in [0.25, 0.3) is 5.69 Å². The van der Waals surface area contributed by atoms with Crippen LogP contribution in [0.25, 0.3) is 0 Å². The Balaban J connectivity index is 2.07. The van der Waals surface area contributed by atoms with E-state index in [-0.39, 0.29) is 5.56 Å². The fourth-order valence-electron chi connectivity index (χ4n) is 1.95. The summed E-state index contributed by atoms with van der Waals surface area (Å²) in [7, 11) is 1.84. The lowest BCUT2D eigenvalue weighted by Gasteiger charge is -2.07. The molecule has 0 fully saturated rings. The van der Waals surface area contributed by atoms with Crippen LogP contribution in [0.2, 0.25) is 0 Å². The topological polar surface area (TPSA) is 110 Å². The number of nitro benzene ring substituents is 1. The monoisotopic (exact) mass is 290 g/mol. The molecule has 0 saturated carbocycles. The summed E-state index contributed by atoms with van der Waals surface area (Å²) in [6, 6.07) is 5.86. The van der Waals surface area contributed by atoms with Crippen molar-refractivity contribution in [3.63, 3.8) is 0 Å². The Kier molecular flexibility index (Phi) is 4.17. The van der Waals surface area contributed by atoms with Gasteiger partial charge in [-0.05, 0) is 18.2 Å². The zero-order chi connectivity index (χ0) is 15.4. The van der Waals surface area contributed by atoms with Crippen LogP contribution in [0.5, 0.6) is 0 Å². The minimum Gasteiger partial charge on any atom is -0.477 e. The van der Waals surface area contributed by atoms with Crippen LogP contribution in [-0.4, -0.2) is 32.3 Å². The molecule has 0 bridgehead atoms. The Hall–Kier alpha value is -2.90. The normalized spacial score (nSPS) is 10.3. The van der Waals surface area contributed by atoms with Gasteiger partial charge in [0.2, 0.25) is 0 Å². The van der Waals surface area contributed by atoms with Gasteiger partial charge in [-0.1, -0.05) is 0 Å². The maximum atomic E-state index is 10.9. The molecule has 110 valence electrons. The molecular formula is C13H14N4O4. The number of carboxylic acid groups (broad SMARTS) is 1. The Morgan fingerprint density at radius 3 is 2.81 bits per heavy atom. The second-order valence-electron chi connectivity index (χ2n) is 4.42. The SMILES string of the molecule is Cn1nccc1CCNc1ccc(C(=O)O)c([N+](=O)[O-])c1. The fourth-order valence-corrected chi connectivity index (χ4v) is 1.95. The third-order valence-corrected chi connectivity index (χ3v) is 3.06. The molecule has 0 aliphatic rings. The molecule has 0 amide bonds. The van der Waals surface area contributed by atoms with Gasteiger partial charge < -0.3 is 10.4 Å². The first-order valence-electron chi connectivity index (χ1n) is 6.21. The van der Waals surface area contributed by atoms with Gasteiger partial charge in [-0.2, -0.15) is 5.10 Å². The summed E-state index contributed by atoms with van der Waals surface area (Å²) >= 11 is 0. The van der Waals surface area contributed by atoms with Crippen molar-refractivity contribution in [1.29, 1.82) is 0 Å². The molecule has 0 radical (unpaired) electrons. The molecule has 0 spiro atoms. The highest BCUT2D eigenvalue weighted by Gasteiger charge is 2.19. The Bertz CT molecular complexity index is 681. The van der Waals surface area contributed by atoms with E-state index in [2.05, 4.69) is 10.4 Å². The smallest absolute Gasteiger partial charge is 0.342 e. The number of benzene rings is 1. The lowest BCUT2D eigenvalue weighted by molar-refractivity contribution is -0.385. The molecule has 0 atom stereocenters. The predicted octanol–water partition coefficient (Wildman–Crippen LogP) is 1.68. The van der Waals surface area contributed by atoms with Crippen molar-refractivity contribution in [3.05, 3.63) is 51.8 Å². The molecule has 0 aliphatic heterocycles. The van der Waals surface area contributed by atoms with Crippen LogP contribution in [0.3, 0.4) is 0 Å². The molecule has 1 heterocycles. The second-order valence-corrected chi connectivity index (χ2v) is 4.42. The van der Waals surface area contributed by atoms with Crippen molar-refractivity contribution in [1.82, 2.24) is 9.78 Å². The number of hydrogen-bond acceptors (Lipinski definition) is 5. The summed E-state index contributed by atoms with van der Waals surface area (Å²) in [6.07, 6.45) is 2.40. The van der Waals surface area contributed by atoms with Crippen LogP contribution in [0.4, 0.5) is 11.4 Å². The molecule has 2 rings (SSSR count). The standard InChI is InChI=1S/C13H14N4O4/c1-16-10(5-7-15-16)4-6-14-9-2-3-11(13(18)19)12(8-9)17(20)21/h2-3,5,7-8,14H,4,6H2,1H3,(H,18,19). The minimum absolute atomic E-state index is 0.322. The van der Waals surface area contributed by atoms with E-state index in [9.17, 15) is 14.9 Å². The van der Waals surface area contributed by atoms with E-state index < -0.39 is 16.6 Å². The van der Waals surface area contributed by atoms with E-state index in [1.165, 1.54) is 18.2 Å². The highest BCUT2D eigenvalue weighted by atomic mass is 16.6. The van der Waals surface area contributed by atoms with Crippen molar-refractivity contribution >= 4 is 17.3 Å². The van der Waals surface area contributed by atoms with Crippen LogP contribution < -0.4 is 5.32 Å². The summed E-state index contributed by atoms with van der Waals surface area (Å²) in [5.41, 5.74) is 0.790. The van der Waals surface area contributed by atoms with Crippen LogP contribution in [0.15, 0.2) is 30.5 Å². The summed E-state index contributed by atoms with van der Waals surface area (Å²) in [5, 5.41) is 26.9. The van der Waals surface area contributed by atoms with E-state index in [1.807, 2.05) is 13.1 Å². The zero-order valence-electron chi connectivity index (χ0n) is 11.3. The number of aromatic carboxylic acids is 1. The molecule has 1 aromatic carbocycles. The quantitative estimate of drug-likeness (QED) is 0.618. The maximum absolute atomic E-state index is 10.9. The highest BCUT2D eigenvalue weighted by molar-refractivity contribution is 5.93. The Morgan fingerprint density at radius 1 is 1.48 bits per heavy atom. The van der Waals surface area contributed by atoms with Crippen LogP contribution in [-0.2, 0) is 13.5 Å². The van der Waals surface area contributed by atoms with Gasteiger partial charge in [-0.25, -0.2) is 4.79 Å². The minimum atomic E-state index is -1.32. The molecule has 0 saturated heterocycles. The van der Waals surface area contributed by atoms with E-state index in [4.69, 9.17) is 5.11 Å². The number of aryl methyl sites for hydroxylation is 1. The Labute approximate surface area is 120 Å². The van der Waals surface area contributed by atoms with Gasteiger partial charge in [0.15, 0.2) is 0 Å². The first-order chi connectivity index (χ1) is 9.99. The van der Waals surface area contributed by atoms with Crippen molar-refractivity contribution in [2.45, 2.75) is 6.42 Å². The van der Waals surface area contributed by atoms with Crippen LogP contribution in [0, 0.1) is 10.1 Å². The molecule has 2 N–H and O–H groups in total. The second kappa shape index (κ2) is 6.04. The number of rotatable bonds is 6. The highest BCUT2D eigenvalue weighted by Crippen LogP contribution is 2.23. The van der Waals surface area contributed by atoms with Gasteiger partial charge in [-0.15, -0.1) is 0 Å². The number of nitro groups is 1. The summed E-state index contributed by atoms with van der Waals surface area (Å²) in [4.78, 5) is 21.1. The number of aromatic nitrogens is 2. The molecule has 0 unspecified atom stereocenters. The predicted molar refractivity (Wildman–Crippen MR) is 75.5 cm³/mol. The third-order valence-electron chi connectivity index (χ3n) is 3.06. The lowest BCUT2D eigenvalue weighted by Crippen LogP contribution is -2.09.